The van der Waals surface area contributed by atoms with Gasteiger partial charge in [0.1, 0.15) is 6.61 Å². The minimum atomic E-state index is -0.263. The number of cyclic esters (lactones) is 1. The molecule has 1 aromatic rings. The van der Waals surface area contributed by atoms with E-state index in [1.807, 2.05) is 24.3 Å². The first-order valence-corrected chi connectivity index (χ1v) is 5.25. The van der Waals surface area contributed by atoms with Crippen molar-refractivity contribution in [2.75, 3.05) is 25.9 Å². The highest BCUT2D eigenvalue weighted by atomic mass is 16.6. The Morgan fingerprint density at radius 1 is 1.50 bits per heavy atom. The Hall–Kier alpha value is -1.71. The molecule has 1 saturated heterocycles. The third-order valence-corrected chi connectivity index (χ3v) is 3.00. The highest BCUT2D eigenvalue weighted by Gasteiger charge is 2.36. The molecular formula is C12H16N2O2. The summed E-state index contributed by atoms with van der Waals surface area (Å²) in [4.78, 5) is 12.8. The fourth-order valence-electron chi connectivity index (χ4n) is 2.05. The number of likely N-dealkylation sites (N-methyl/N-ethyl adjacent to an activating group) is 1. The third-order valence-electron chi connectivity index (χ3n) is 3.00. The van der Waals surface area contributed by atoms with Crippen LogP contribution in [0.25, 0.3) is 0 Å². The molecule has 1 aromatic carbocycles. The van der Waals surface area contributed by atoms with Crippen LogP contribution in [0.4, 0.5) is 10.5 Å². The average Bonchev–Trinajstić information content (AvgIpc) is 2.24. The van der Waals surface area contributed by atoms with Crippen LogP contribution >= 0.6 is 0 Å². The highest BCUT2D eigenvalue weighted by molar-refractivity contribution is 5.68. The number of hydrogen-bond acceptors (Lipinski definition) is 3. The Balaban J connectivity index is 2.29. The molecule has 1 aliphatic rings. The van der Waals surface area contributed by atoms with Crippen LogP contribution in [0.2, 0.25) is 0 Å². The van der Waals surface area contributed by atoms with Crippen molar-refractivity contribution in [1.29, 1.82) is 0 Å². The smallest absolute Gasteiger partial charge is 0.409 e. The Morgan fingerprint density at radius 2 is 2.25 bits per heavy atom. The van der Waals surface area contributed by atoms with E-state index in [1.165, 1.54) is 0 Å². The molecule has 1 amide bonds. The molecule has 0 aliphatic carbocycles. The zero-order chi connectivity index (χ0) is 11.8. The van der Waals surface area contributed by atoms with Crippen LogP contribution in [-0.2, 0) is 10.2 Å². The van der Waals surface area contributed by atoms with Gasteiger partial charge in [0.05, 0.1) is 0 Å². The largest absolute Gasteiger partial charge is 0.448 e. The summed E-state index contributed by atoms with van der Waals surface area (Å²) in [5.74, 6) is 0. The topological polar surface area (TPSA) is 55.6 Å². The van der Waals surface area contributed by atoms with Gasteiger partial charge in [-0.1, -0.05) is 19.1 Å². The molecule has 2 N–H and O–H groups in total. The maximum absolute atomic E-state index is 11.3. The van der Waals surface area contributed by atoms with Crippen LogP contribution in [-0.4, -0.2) is 31.2 Å². The first-order valence-electron chi connectivity index (χ1n) is 5.25. The zero-order valence-electron chi connectivity index (χ0n) is 9.56. The summed E-state index contributed by atoms with van der Waals surface area (Å²) in [5, 5.41) is 0. The van der Waals surface area contributed by atoms with Crippen molar-refractivity contribution in [3.05, 3.63) is 29.8 Å². The van der Waals surface area contributed by atoms with Gasteiger partial charge in [0.15, 0.2) is 0 Å². The fourth-order valence-corrected chi connectivity index (χ4v) is 2.05. The maximum Gasteiger partial charge on any atom is 0.409 e. The van der Waals surface area contributed by atoms with Crippen molar-refractivity contribution in [2.45, 2.75) is 12.3 Å². The van der Waals surface area contributed by atoms with E-state index in [4.69, 9.17) is 10.5 Å². The van der Waals surface area contributed by atoms with Crippen molar-refractivity contribution in [3.8, 4) is 0 Å². The molecule has 16 heavy (non-hydrogen) atoms. The van der Waals surface area contributed by atoms with E-state index in [0.717, 1.165) is 11.3 Å². The molecule has 1 heterocycles. The van der Waals surface area contributed by atoms with Crippen LogP contribution in [0.15, 0.2) is 24.3 Å². The monoisotopic (exact) mass is 220 g/mol. The molecule has 0 saturated carbocycles. The summed E-state index contributed by atoms with van der Waals surface area (Å²) in [5.41, 5.74) is 7.42. The lowest BCUT2D eigenvalue weighted by atomic mass is 9.82. The number of nitrogen functional groups attached to an aromatic ring is 1. The molecule has 4 heteroatoms. The SMILES string of the molecule is CN1CC(C)(c2cccc(N)c2)COC1=O. The summed E-state index contributed by atoms with van der Waals surface area (Å²) in [6, 6.07) is 7.73. The lowest BCUT2D eigenvalue weighted by molar-refractivity contribution is 0.0430. The molecule has 86 valence electrons. The molecular weight excluding hydrogens is 204 g/mol. The molecule has 0 bridgehead atoms. The van der Waals surface area contributed by atoms with E-state index in [9.17, 15) is 4.79 Å². The summed E-state index contributed by atoms with van der Waals surface area (Å²) in [6.45, 7) is 3.12. The lowest BCUT2D eigenvalue weighted by Gasteiger charge is -2.38. The van der Waals surface area contributed by atoms with Gasteiger partial charge in [-0.3, -0.25) is 0 Å². The van der Waals surface area contributed by atoms with Crippen molar-refractivity contribution in [2.24, 2.45) is 0 Å². The van der Waals surface area contributed by atoms with Gasteiger partial charge in [0.2, 0.25) is 0 Å². The zero-order valence-corrected chi connectivity index (χ0v) is 9.56. The number of ether oxygens (including phenoxy) is 1. The van der Waals surface area contributed by atoms with E-state index >= 15 is 0 Å². The standard InChI is InChI=1S/C12H16N2O2/c1-12(7-14(2)11(15)16-8-12)9-4-3-5-10(13)6-9/h3-6H,7-8,13H2,1-2H3. The minimum Gasteiger partial charge on any atom is -0.448 e. The molecule has 0 radical (unpaired) electrons. The Labute approximate surface area is 95.0 Å². The lowest BCUT2D eigenvalue weighted by Crippen LogP contribution is -2.49. The second kappa shape index (κ2) is 3.70. The van der Waals surface area contributed by atoms with Crippen molar-refractivity contribution < 1.29 is 9.53 Å². The first kappa shape index (κ1) is 10.8. The molecule has 1 unspecified atom stereocenters. The number of nitrogens with two attached hydrogens (primary N) is 1. The second-order valence-corrected chi connectivity index (χ2v) is 4.60. The molecule has 1 atom stereocenters. The fraction of sp³-hybridized carbons (Fsp3) is 0.417. The number of carbonyl (C=O) groups is 1. The number of amides is 1. The van der Waals surface area contributed by atoms with Gasteiger partial charge in [-0.2, -0.15) is 0 Å². The molecule has 2 rings (SSSR count). The van der Waals surface area contributed by atoms with Crippen molar-refractivity contribution in [1.82, 2.24) is 4.90 Å². The molecule has 1 aliphatic heterocycles. The Morgan fingerprint density at radius 3 is 2.88 bits per heavy atom. The summed E-state index contributed by atoms with van der Waals surface area (Å²) in [7, 11) is 1.74. The van der Waals surface area contributed by atoms with Gasteiger partial charge in [0.25, 0.3) is 0 Å². The van der Waals surface area contributed by atoms with E-state index < -0.39 is 0 Å². The molecule has 1 fully saturated rings. The van der Waals surface area contributed by atoms with Gasteiger partial charge in [0, 0.05) is 24.7 Å². The van der Waals surface area contributed by atoms with Gasteiger partial charge in [-0.25, -0.2) is 4.79 Å². The first-order chi connectivity index (χ1) is 7.51. The molecule has 4 nitrogen and oxygen atoms in total. The number of benzene rings is 1. The maximum atomic E-state index is 11.3. The van der Waals surface area contributed by atoms with Crippen molar-refractivity contribution >= 4 is 11.8 Å². The van der Waals surface area contributed by atoms with E-state index in [1.54, 1.807) is 11.9 Å². The predicted molar refractivity (Wildman–Crippen MR) is 62.2 cm³/mol. The van der Waals surface area contributed by atoms with Crippen LogP contribution in [0, 0.1) is 0 Å². The van der Waals surface area contributed by atoms with Gasteiger partial charge < -0.3 is 15.4 Å². The number of nitrogens with zero attached hydrogens (tertiary/aromatic N) is 1. The number of rotatable bonds is 1. The van der Waals surface area contributed by atoms with Crippen LogP contribution in [0.3, 0.4) is 0 Å². The highest BCUT2D eigenvalue weighted by Crippen LogP contribution is 2.29. The number of anilines is 1. The molecule has 0 aromatic heterocycles. The van der Waals surface area contributed by atoms with Crippen LogP contribution in [0.5, 0.6) is 0 Å². The third kappa shape index (κ3) is 1.83. The summed E-state index contributed by atoms with van der Waals surface area (Å²) < 4.78 is 5.15. The van der Waals surface area contributed by atoms with Gasteiger partial charge >= 0.3 is 6.09 Å². The molecule has 0 spiro atoms. The van der Waals surface area contributed by atoms with E-state index in [-0.39, 0.29) is 11.5 Å². The van der Waals surface area contributed by atoms with E-state index in [0.29, 0.717) is 13.2 Å². The van der Waals surface area contributed by atoms with Crippen LogP contribution < -0.4 is 5.73 Å². The van der Waals surface area contributed by atoms with Crippen molar-refractivity contribution in [3.63, 3.8) is 0 Å². The minimum absolute atomic E-state index is 0.183. The average molecular weight is 220 g/mol. The normalized spacial score (nSPS) is 25.4. The number of carbonyl (C=O) groups excluding carboxylic acids is 1. The number of hydrogen-bond donors (Lipinski definition) is 1. The Bertz CT molecular complexity index is 419. The second-order valence-electron chi connectivity index (χ2n) is 4.60. The predicted octanol–water partition coefficient (Wildman–Crippen LogP) is 1.61. The van der Waals surface area contributed by atoms with Gasteiger partial charge in [-0.15, -0.1) is 0 Å². The van der Waals surface area contributed by atoms with Crippen LogP contribution in [0.1, 0.15) is 12.5 Å². The Kier molecular flexibility index (Phi) is 2.50. The quantitative estimate of drug-likeness (QED) is 0.731. The van der Waals surface area contributed by atoms with E-state index in [2.05, 4.69) is 6.92 Å². The summed E-state index contributed by atoms with van der Waals surface area (Å²) in [6.07, 6.45) is -0.263. The van der Waals surface area contributed by atoms with Gasteiger partial charge in [-0.05, 0) is 17.7 Å². The summed E-state index contributed by atoms with van der Waals surface area (Å²) >= 11 is 0.